The maximum atomic E-state index is 12.1. The van der Waals surface area contributed by atoms with Crippen LogP contribution in [-0.4, -0.2) is 29.5 Å². The van der Waals surface area contributed by atoms with Crippen molar-refractivity contribution in [3.05, 3.63) is 0 Å². The maximum absolute atomic E-state index is 12.1. The van der Waals surface area contributed by atoms with Crippen LogP contribution in [0.2, 0.25) is 0 Å². The average molecular weight is 281 g/mol. The fourth-order valence-electron chi connectivity index (χ4n) is 1.88. The van der Waals surface area contributed by atoms with Crippen LogP contribution in [0.15, 0.2) is 0 Å². The first kappa shape index (κ1) is 17.1. The number of nitrogens with two attached hydrogens (primary N) is 1. The van der Waals surface area contributed by atoms with Crippen molar-refractivity contribution in [2.45, 2.75) is 44.9 Å². The van der Waals surface area contributed by atoms with Gasteiger partial charge in [-0.1, -0.05) is 20.8 Å². The molecule has 0 bridgehead atoms. The molecule has 1 amide bonds. The normalized spacial score (nSPS) is 18.4. The van der Waals surface area contributed by atoms with Crippen molar-refractivity contribution in [3.8, 4) is 0 Å². The molecule has 1 aliphatic carbocycles. The third-order valence-electron chi connectivity index (χ3n) is 2.98. The Morgan fingerprint density at radius 3 is 2.41 bits per heavy atom. The highest BCUT2D eigenvalue weighted by Gasteiger charge is 2.33. The Balaban J connectivity index is 0.00000256. The van der Waals surface area contributed by atoms with Gasteiger partial charge in [-0.15, -0.1) is 24.2 Å². The molecule has 2 atom stereocenters. The van der Waals surface area contributed by atoms with E-state index in [2.05, 4.69) is 26.1 Å². The van der Waals surface area contributed by atoms with Crippen LogP contribution in [0.25, 0.3) is 0 Å². The summed E-state index contributed by atoms with van der Waals surface area (Å²) >= 11 is 1.72. The van der Waals surface area contributed by atoms with Crippen LogP contribution in [0.4, 0.5) is 0 Å². The zero-order valence-electron chi connectivity index (χ0n) is 10.9. The molecule has 5 heteroatoms. The molecular weight excluding hydrogens is 256 g/mol. The second kappa shape index (κ2) is 8.22. The summed E-state index contributed by atoms with van der Waals surface area (Å²) in [7, 11) is 0. The molecule has 0 aromatic heterocycles. The zero-order chi connectivity index (χ0) is 12.1. The minimum Gasteiger partial charge on any atom is -0.351 e. The molecule has 0 aliphatic heterocycles. The molecule has 2 unspecified atom stereocenters. The third-order valence-corrected chi connectivity index (χ3v) is 4.43. The summed E-state index contributed by atoms with van der Waals surface area (Å²) in [4.78, 5) is 12.1. The molecule has 3 N–H and O–H groups in total. The monoisotopic (exact) mass is 280 g/mol. The van der Waals surface area contributed by atoms with Crippen LogP contribution in [0.5, 0.6) is 0 Å². The molecule has 0 saturated heterocycles. The van der Waals surface area contributed by atoms with Gasteiger partial charge in [0.1, 0.15) is 0 Å². The van der Waals surface area contributed by atoms with E-state index in [9.17, 15) is 4.79 Å². The van der Waals surface area contributed by atoms with Crippen LogP contribution in [-0.2, 0) is 4.79 Å². The molecule has 1 aliphatic rings. The molecule has 1 fully saturated rings. The maximum Gasteiger partial charge on any atom is 0.233 e. The fraction of sp³-hybridized carbons (Fsp3) is 0.917. The number of nitrogens with one attached hydrogen (secondary N) is 1. The predicted octanol–water partition coefficient (Wildman–Crippen LogP) is 2.04. The van der Waals surface area contributed by atoms with Crippen molar-refractivity contribution >= 4 is 30.1 Å². The number of halogens is 1. The van der Waals surface area contributed by atoms with Crippen molar-refractivity contribution < 1.29 is 4.79 Å². The van der Waals surface area contributed by atoms with E-state index >= 15 is 0 Å². The molecule has 1 saturated carbocycles. The zero-order valence-corrected chi connectivity index (χ0v) is 12.6. The Labute approximate surface area is 115 Å². The highest BCUT2D eigenvalue weighted by atomic mass is 35.5. The van der Waals surface area contributed by atoms with Gasteiger partial charge in [-0.05, 0) is 30.4 Å². The van der Waals surface area contributed by atoms with E-state index in [4.69, 9.17) is 5.73 Å². The van der Waals surface area contributed by atoms with Gasteiger partial charge in [-0.25, -0.2) is 0 Å². The summed E-state index contributed by atoms with van der Waals surface area (Å²) in [6, 6.07) is 0.200. The molecule has 0 aromatic carbocycles. The second-order valence-electron chi connectivity index (χ2n) is 4.81. The quantitative estimate of drug-likeness (QED) is 0.750. The lowest BCUT2D eigenvalue weighted by Crippen LogP contribution is -2.46. The lowest BCUT2D eigenvalue weighted by molar-refractivity contribution is -0.122. The SMILES string of the molecule is CCSC(C(=O)NC(CN)C1CC1)C(C)C.Cl. The molecule has 0 spiro atoms. The number of rotatable bonds is 7. The molecule has 0 aromatic rings. The molecule has 0 radical (unpaired) electrons. The Kier molecular flexibility index (Phi) is 8.25. The topological polar surface area (TPSA) is 55.1 Å². The summed E-state index contributed by atoms with van der Waals surface area (Å²) in [6.45, 7) is 6.86. The fourth-order valence-corrected chi connectivity index (χ4v) is 2.85. The third kappa shape index (κ3) is 5.49. The van der Waals surface area contributed by atoms with Crippen molar-refractivity contribution in [2.75, 3.05) is 12.3 Å². The van der Waals surface area contributed by atoms with Crippen molar-refractivity contribution in [2.24, 2.45) is 17.6 Å². The minimum atomic E-state index is 0. The number of amides is 1. The van der Waals surface area contributed by atoms with Crippen molar-refractivity contribution in [3.63, 3.8) is 0 Å². The summed E-state index contributed by atoms with van der Waals surface area (Å²) in [6.07, 6.45) is 2.44. The van der Waals surface area contributed by atoms with Gasteiger partial charge in [-0.3, -0.25) is 4.79 Å². The van der Waals surface area contributed by atoms with E-state index < -0.39 is 0 Å². The Hall–Kier alpha value is 0.0700. The summed E-state index contributed by atoms with van der Waals surface area (Å²) in [5.41, 5.74) is 5.69. The summed E-state index contributed by atoms with van der Waals surface area (Å²) in [5, 5.41) is 3.18. The van der Waals surface area contributed by atoms with E-state index in [-0.39, 0.29) is 29.6 Å². The van der Waals surface area contributed by atoms with Gasteiger partial charge in [0.25, 0.3) is 0 Å². The number of thioether (sulfide) groups is 1. The Bertz CT molecular complexity index is 235. The highest BCUT2D eigenvalue weighted by Crippen LogP contribution is 2.32. The van der Waals surface area contributed by atoms with Gasteiger partial charge < -0.3 is 11.1 Å². The molecule has 1 rings (SSSR count). The standard InChI is InChI=1S/C12H24N2OS.ClH/c1-4-16-11(8(2)3)12(15)14-10(7-13)9-5-6-9;/h8-11H,4-7,13H2,1-3H3,(H,14,15);1H. The molecule has 3 nitrogen and oxygen atoms in total. The van der Waals surface area contributed by atoms with Gasteiger partial charge in [0, 0.05) is 12.6 Å². The number of carbonyl (C=O) groups excluding carboxylic acids is 1. The van der Waals surface area contributed by atoms with Crippen LogP contribution in [0.3, 0.4) is 0 Å². The number of hydrogen-bond acceptors (Lipinski definition) is 3. The summed E-state index contributed by atoms with van der Waals surface area (Å²) in [5.74, 6) is 2.16. The van der Waals surface area contributed by atoms with Gasteiger partial charge in [0.2, 0.25) is 5.91 Å². The molecular formula is C12H25ClN2OS. The first-order valence-electron chi connectivity index (χ1n) is 6.22. The lowest BCUT2D eigenvalue weighted by Gasteiger charge is -2.23. The predicted molar refractivity (Wildman–Crippen MR) is 77.7 cm³/mol. The van der Waals surface area contributed by atoms with Crippen LogP contribution in [0, 0.1) is 11.8 Å². The van der Waals surface area contributed by atoms with Crippen molar-refractivity contribution in [1.29, 1.82) is 0 Å². The lowest BCUT2D eigenvalue weighted by atomic mass is 10.1. The highest BCUT2D eigenvalue weighted by molar-refractivity contribution is 8.00. The minimum absolute atomic E-state index is 0. The van der Waals surface area contributed by atoms with E-state index in [1.165, 1.54) is 12.8 Å². The first-order valence-corrected chi connectivity index (χ1v) is 7.27. The Morgan fingerprint density at radius 1 is 1.47 bits per heavy atom. The van der Waals surface area contributed by atoms with Crippen molar-refractivity contribution in [1.82, 2.24) is 5.32 Å². The molecule has 0 heterocycles. The Morgan fingerprint density at radius 2 is 2.06 bits per heavy atom. The number of hydrogen-bond donors (Lipinski definition) is 2. The van der Waals surface area contributed by atoms with Crippen LogP contribution < -0.4 is 11.1 Å². The number of carbonyl (C=O) groups is 1. The van der Waals surface area contributed by atoms with E-state index in [1.54, 1.807) is 11.8 Å². The smallest absolute Gasteiger partial charge is 0.233 e. The van der Waals surface area contributed by atoms with Gasteiger partial charge in [0.15, 0.2) is 0 Å². The van der Waals surface area contributed by atoms with Crippen LogP contribution >= 0.6 is 24.2 Å². The van der Waals surface area contributed by atoms with Gasteiger partial charge >= 0.3 is 0 Å². The van der Waals surface area contributed by atoms with Crippen LogP contribution in [0.1, 0.15) is 33.6 Å². The van der Waals surface area contributed by atoms with Gasteiger partial charge in [-0.2, -0.15) is 0 Å². The first-order chi connectivity index (χ1) is 7.60. The average Bonchev–Trinajstić information content (AvgIpc) is 3.05. The van der Waals surface area contributed by atoms with E-state index in [1.807, 2.05) is 0 Å². The largest absolute Gasteiger partial charge is 0.351 e. The van der Waals surface area contributed by atoms with Gasteiger partial charge in [0.05, 0.1) is 5.25 Å². The molecule has 17 heavy (non-hydrogen) atoms. The molecule has 102 valence electrons. The van der Waals surface area contributed by atoms with E-state index in [0.717, 1.165) is 5.75 Å². The van der Waals surface area contributed by atoms with E-state index in [0.29, 0.717) is 18.4 Å². The summed E-state index contributed by atoms with van der Waals surface area (Å²) < 4.78 is 0. The second-order valence-corrected chi connectivity index (χ2v) is 6.23.